The second kappa shape index (κ2) is 4.65. The average molecular weight is 194 g/mol. The molecule has 2 rings (SSSR count). The Labute approximate surface area is 85.3 Å². The summed E-state index contributed by atoms with van der Waals surface area (Å²) in [6.07, 6.45) is 8.47. The molecule has 1 saturated heterocycles. The first-order valence-electron chi connectivity index (χ1n) is 5.54. The second-order valence-corrected chi connectivity index (χ2v) is 3.99. The molecule has 14 heavy (non-hydrogen) atoms. The highest BCUT2D eigenvalue weighted by Gasteiger charge is 2.19. The molecule has 0 unspecified atom stereocenters. The molecule has 1 aliphatic heterocycles. The summed E-state index contributed by atoms with van der Waals surface area (Å²) < 4.78 is 10.7. The number of ether oxygens (including phenoxy) is 1. The molecule has 0 N–H and O–H groups in total. The lowest BCUT2D eigenvalue weighted by atomic mass is 9.90. The zero-order chi connectivity index (χ0) is 9.80. The normalized spacial score (nSPS) is 18.6. The fourth-order valence-electron chi connectivity index (χ4n) is 2.17. The van der Waals surface area contributed by atoms with Crippen LogP contribution in [0.3, 0.4) is 0 Å². The molecule has 1 fully saturated rings. The van der Waals surface area contributed by atoms with Crippen LogP contribution in [-0.4, -0.2) is 13.2 Å². The maximum absolute atomic E-state index is 5.37. The highest BCUT2D eigenvalue weighted by atomic mass is 16.5. The molecule has 0 radical (unpaired) electrons. The van der Waals surface area contributed by atoms with E-state index in [-0.39, 0.29) is 0 Å². The summed E-state index contributed by atoms with van der Waals surface area (Å²) in [5, 5.41) is 0. The predicted molar refractivity (Wildman–Crippen MR) is 55.5 cm³/mol. The Hall–Kier alpha value is -0.760. The van der Waals surface area contributed by atoms with Crippen LogP contribution < -0.4 is 0 Å². The number of furan rings is 1. The molecule has 2 heteroatoms. The van der Waals surface area contributed by atoms with E-state index in [1.54, 1.807) is 0 Å². The minimum atomic E-state index is 0.670. The lowest BCUT2D eigenvalue weighted by molar-refractivity contribution is 0.0850. The van der Waals surface area contributed by atoms with Gasteiger partial charge in [-0.25, -0.2) is 0 Å². The Balaban J connectivity index is 2.09. The minimum Gasteiger partial charge on any atom is -0.472 e. The van der Waals surface area contributed by atoms with Gasteiger partial charge in [0, 0.05) is 13.2 Å². The van der Waals surface area contributed by atoms with Crippen LogP contribution in [0.4, 0.5) is 0 Å². The number of aryl methyl sites for hydroxylation is 1. The van der Waals surface area contributed by atoms with Gasteiger partial charge in [-0.1, -0.05) is 13.3 Å². The minimum absolute atomic E-state index is 0.670. The first kappa shape index (κ1) is 9.78. The zero-order valence-corrected chi connectivity index (χ0v) is 8.79. The summed E-state index contributed by atoms with van der Waals surface area (Å²) in [7, 11) is 0. The van der Waals surface area contributed by atoms with Crippen molar-refractivity contribution < 1.29 is 9.15 Å². The van der Waals surface area contributed by atoms with Gasteiger partial charge in [-0.3, -0.25) is 0 Å². The molecule has 0 bridgehead atoms. The van der Waals surface area contributed by atoms with E-state index >= 15 is 0 Å². The van der Waals surface area contributed by atoms with Gasteiger partial charge in [0.2, 0.25) is 0 Å². The van der Waals surface area contributed by atoms with Gasteiger partial charge in [0.1, 0.15) is 0 Å². The molecule has 0 spiro atoms. The van der Waals surface area contributed by atoms with Crippen LogP contribution in [0.2, 0.25) is 0 Å². The van der Waals surface area contributed by atoms with Crippen LogP contribution in [0.1, 0.15) is 43.2 Å². The van der Waals surface area contributed by atoms with Gasteiger partial charge in [-0.2, -0.15) is 0 Å². The quantitative estimate of drug-likeness (QED) is 0.737. The smallest absolute Gasteiger partial charge is 0.0940 e. The third-order valence-electron chi connectivity index (χ3n) is 2.96. The molecule has 0 atom stereocenters. The van der Waals surface area contributed by atoms with Crippen molar-refractivity contribution in [1.29, 1.82) is 0 Å². The molecule has 0 aliphatic carbocycles. The van der Waals surface area contributed by atoms with E-state index < -0.39 is 0 Å². The molecule has 2 nitrogen and oxygen atoms in total. The fraction of sp³-hybridized carbons (Fsp3) is 0.667. The van der Waals surface area contributed by atoms with Gasteiger partial charge in [0.15, 0.2) is 0 Å². The summed E-state index contributed by atoms with van der Waals surface area (Å²) in [6, 6.07) is 0. The summed E-state index contributed by atoms with van der Waals surface area (Å²) in [5.41, 5.74) is 2.83. The van der Waals surface area contributed by atoms with Crippen LogP contribution in [0.5, 0.6) is 0 Å². The number of hydrogen-bond donors (Lipinski definition) is 0. The SMILES string of the molecule is CCCc1cocc1C1CCOCC1. The zero-order valence-electron chi connectivity index (χ0n) is 8.79. The van der Waals surface area contributed by atoms with E-state index in [2.05, 4.69) is 6.92 Å². The van der Waals surface area contributed by atoms with Crippen LogP contribution in [0, 0.1) is 0 Å². The first-order valence-corrected chi connectivity index (χ1v) is 5.54. The Morgan fingerprint density at radius 2 is 2.07 bits per heavy atom. The standard InChI is InChI=1S/C12H18O2/c1-2-3-11-8-14-9-12(11)10-4-6-13-7-5-10/h8-10H,2-7H2,1H3. The van der Waals surface area contributed by atoms with Crippen molar-refractivity contribution in [3.8, 4) is 0 Å². The topological polar surface area (TPSA) is 22.4 Å². The van der Waals surface area contributed by atoms with Crippen molar-refractivity contribution in [2.75, 3.05) is 13.2 Å². The van der Waals surface area contributed by atoms with Crippen LogP contribution in [0.25, 0.3) is 0 Å². The predicted octanol–water partition coefficient (Wildman–Crippen LogP) is 3.13. The van der Waals surface area contributed by atoms with Gasteiger partial charge < -0.3 is 9.15 Å². The van der Waals surface area contributed by atoms with Gasteiger partial charge >= 0.3 is 0 Å². The van der Waals surface area contributed by atoms with Crippen molar-refractivity contribution in [3.63, 3.8) is 0 Å². The monoisotopic (exact) mass is 194 g/mol. The third kappa shape index (κ3) is 2.01. The van der Waals surface area contributed by atoms with Crippen LogP contribution >= 0.6 is 0 Å². The lowest BCUT2D eigenvalue weighted by Gasteiger charge is -2.21. The van der Waals surface area contributed by atoms with Gasteiger partial charge in [-0.05, 0) is 36.3 Å². The molecule has 0 saturated carbocycles. The van der Waals surface area contributed by atoms with Crippen molar-refractivity contribution >= 4 is 0 Å². The molecule has 1 aromatic heterocycles. The van der Waals surface area contributed by atoms with E-state index in [9.17, 15) is 0 Å². The van der Waals surface area contributed by atoms with E-state index in [0.717, 1.165) is 32.5 Å². The van der Waals surface area contributed by atoms with Crippen molar-refractivity contribution in [1.82, 2.24) is 0 Å². The lowest BCUT2D eigenvalue weighted by Crippen LogP contribution is -2.14. The summed E-state index contributed by atoms with van der Waals surface area (Å²) >= 11 is 0. The van der Waals surface area contributed by atoms with Crippen molar-refractivity contribution in [2.45, 2.75) is 38.5 Å². The van der Waals surface area contributed by atoms with Gasteiger partial charge in [-0.15, -0.1) is 0 Å². The van der Waals surface area contributed by atoms with Crippen LogP contribution in [-0.2, 0) is 11.2 Å². The maximum atomic E-state index is 5.37. The molecular weight excluding hydrogens is 176 g/mol. The second-order valence-electron chi connectivity index (χ2n) is 3.99. The Bertz CT molecular complexity index is 272. The fourth-order valence-corrected chi connectivity index (χ4v) is 2.17. The Morgan fingerprint density at radius 3 is 2.79 bits per heavy atom. The number of rotatable bonds is 3. The molecule has 0 amide bonds. The number of hydrogen-bond acceptors (Lipinski definition) is 2. The maximum Gasteiger partial charge on any atom is 0.0940 e. The summed E-state index contributed by atoms with van der Waals surface area (Å²) in [6.45, 7) is 4.02. The van der Waals surface area contributed by atoms with Gasteiger partial charge in [0.25, 0.3) is 0 Å². The van der Waals surface area contributed by atoms with Crippen molar-refractivity contribution in [2.24, 2.45) is 0 Å². The summed E-state index contributed by atoms with van der Waals surface area (Å²) in [4.78, 5) is 0. The van der Waals surface area contributed by atoms with E-state index in [4.69, 9.17) is 9.15 Å². The molecule has 2 heterocycles. The van der Waals surface area contributed by atoms with E-state index in [0.29, 0.717) is 5.92 Å². The van der Waals surface area contributed by atoms with Crippen molar-refractivity contribution in [3.05, 3.63) is 23.7 Å². The third-order valence-corrected chi connectivity index (χ3v) is 2.96. The molecule has 78 valence electrons. The highest BCUT2D eigenvalue weighted by molar-refractivity contribution is 5.25. The molecule has 0 aromatic carbocycles. The van der Waals surface area contributed by atoms with E-state index in [1.807, 2.05) is 12.5 Å². The highest BCUT2D eigenvalue weighted by Crippen LogP contribution is 2.30. The summed E-state index contributed by atoms with van der Waals surface area (Å²) in [5.74, 6) is 0.670. The molecular formula is C12H18O2. The van der Waals surface area contributed by atoms with Gasteiger partial charge in [0.05, 0.1) is 12.5 Å². The molecule has 1 aromatic rings. The largest absolute Gasteiger partial charge is 0.472 e. The first-order chi connectivity index (χ1) is 6.92. The van der Waals surface area contributed by atoms with Crippen LogP contribution in [0.15, 0.2) is 16.9 Å². The molecule has 1 aliphatic rings. The average Bonchev–Trinajstić information content (AvgIpc) is 2.68. The Morgan fingerprint density at radius 1 is 1.29 bits per heavy atom. The van der Waals surface area contributed by atoms with E-state index in [1.165, 1.54) is 17.5 Å². The Kier molecular flexibility index (Phi) is 3.25.